The van der Waals surface area contributed by atoms with Gasteiger partial charge in [-0.15, -0.1) is 0 Å². The topological polar surface area (TPSA) is 58.0 Å². The van der Waals surface area contributed by atoms with Crippen LogP contribution in [0, 0.1) is 0 Å². The smallest absolute Gasteiger partial charge is 0.160 e. The van der Waals surface area contributed by atoms with Gasteiger partial charge in [-0.1, -0.05) is 6.07 Å². The number of hydrogen-bond acceptors (Lipinski definition) is 6. The quantitative estimate of drug-likeness (QED) is 0.701. The van der Waals surface area contributed by atoms with Crippen LogP contribution in [0.2, 0.25) is 0 Å². The first kappa shape index (κ1) is 17.3. The molecular formula is C22H24N6. The van der Waals surface area contributed by atoms with Crippen LogP contribution in [0.4, 0.5) is 5.82 Å². The molecule has 0 bridgehead atoms. The second kappa shape index (κ2) is 7.64. The molecule has 0 aliphatic carbocycles. The van der Waals surface area contributed by atoms with Gasteiger partial charge >= 0.3 is 0 Å². The van der Waals surface area contributed by atoms with Crippen LogP contribution in [0.3, 0.4) is 0 Å². The molecule has 3 aromatic rings. The van der Waals surface area contributed by atoms with Gasteiger partial charge in [-0.05, 0) is 36.6 Å². The first-order valence-electron chi connectivity index (χ1n) is 10.0. The SMILES string of the molecule is c1cncc(-c2ncc3c(n2)CCN(Cc2ccc(N4CCCC4)nc2)C3)c1. The predicted octanol–water partition coefficient (Wildman–Crippen LogP) is 3.09. The van der Waals surface area contributed by atoms with Crippen LogP contribution in [0.15, 0.2) is 49.1 Å². The zero-order valence-corrected chi connectivity index (χ0v) is 16.0. The van der Waals surface area contributed by atoms with E-state index < -0.39 is 0 Å². The standard InChI is InChI=1S/C22H24N6/c1-2-10-28(9-1)21-6-5-17(12-24-21)15-27-11-7-20-19(16-27)14-25-22(26-20)18-4-3-8-23-13-18/h3-6,8,12-14H,1-2,7,9-11,15-16H2. The van der Waals surface area contributed by atoms with Gasteiger partial charge < -0.3 is 4.90 Å². The lowest BCUT2D eigenvalue weighted by Gasteiger charge is -2.28. The van der Waals surface area contributed by atoms with E-state index in [2.05, 4.69) is 36.9 Å². The van der Waals surface area contributed by atoms with E-state index in [-0.39, 0.29) is 0 Å². The van der Waals surface area contributed by atoms with Gasteiger partial charge in [-0.3, -0.25) is 9.88 Å². The fraction of sp³-hybridized carbons (Fsp3) is 0.364. The molecule has 28 heavy (non-hydrogen) atoms. The molecule has 142 valence electrons. The summed E-state index contributed by atoms with van der Waals surface area (Å²) in [5, 5.41) is 0. The van der Waals surface area contributed by atoms with E-state index in [0.717, 1.165) is 62.0 Å². The fourth-order valence-corrected chi connectivity index (χ4v) is 4.05. The van der Waals surface area contributed by atoms with Gasteiger partial charge in [-0.25, -0.2) is 15.0 Å². The third-order valence-electron chi connectivity index (χ3n) is 5.58. The number of hydrogen-bond donors (Lipinski definition) is 0. The molecular weight excluding hydrogens is 348 g/mol. The third kappa shape index (κ3) is 3.60. The number of rotatable bonds is 4. The lowest BCUT2D eigenvalue weighted by molar-refractivity contribution is 0.242. The van der Waals surface area contributed by atoms with Crippen molar-refractivity contribution in [1.29, 1.82) is 0 Å². The highest BCUT2D eigenvalue weighted by Crippen LogP contribution is 2.22. The van der Waals surface area contributed by atoms with Gasteiger partial charge in [0.2, 0.25) is 0 Å². The van der Waals surface area contributed by atoms with Crippen LogP contribution in [-0.4, -0.2) is 44.5 Å². The van der Waals surface area contributed by atoms with Gasteiger partial charge in [-0.2, -0.15) is 0 Å². The van der Waals surface area contributed by atoms with Gasteiger partial charge in [0, 0.05) is 75.1 Å². The van der Waals surface area contributed by atoms with Crippen LogP contribution in [-0.2, 0) is 19.5 Å². The molecule has 0 amide bonds. The maximum atomic E-state index is 4.79. The Morgan fingerprint density at radius 1 is 0.929 bits per heavy atom. The third-order valence-corrected chi connectivity index (χ3v) is 5.58. The maximum absolute atomic E-state index is 4.79. The molecule has 3 aromatic heterocycles. The van der Waals surface area contributed by atoms with Crippen molar-refractivity contribution in [3.63, 3.8) is 0 Å². The minimum Gasteiger partial charge on any atom is -0.357 e. The highest BCUT2D eigenvalue weighted by molar-refractivity contribution is 5.53. The average Bonchev–Trinajstić information content (AvgIpc) is 3.29. The van der Waals surface area contributed by atoms with Crippen molar-refractivity contribution in [3.05, 3.63) is 65.9 Å². The Labute approximate surface area is 165 Å². The van der Waals surface area contributed by atoms with E-state index in [1.165, 1.54) is 24.0 Å². The summed E-state index contributed by atoms with van der Waals surface area (Å²) in [7, 11) is 0. The summed E-state index contributed by atoms with van der Waals surface area (Å²) >= 11 is 0. The number of aromatic nitrogens is 4. The molecule has 0 N–H and O–H groups in total. The molecule has 0 atom stereocenters. The number of fused-ring (bicyclic) bond motifs is 1. The second-order valence-corrected chi connectivity index (χ2v) is 7.59. The number of nitrogens with zero attached hydrogens (tertiary/aromatic N) is 6. The number of pyridine rings is 2. The zero-order valence-electron chi connectivity index (χ0n) is 16.0. The van der Waals surface area contributed by atoms with Crippen molar-refractivity contribution >= 4 is 5.82 Å². The lowest BCUT2D eigenvalue weighted by atomic mass is 10.1. The Balaban J connectivity index is 1.26. The first-order chi connectivity index (χ1) is 13.8. The second-order valence-electron chi connectivity index (χ2n) is 7.59. The van der Waals surface area contributed by atoms with Crippen molar-refractivity contribution in [2.45, 2.75) is 32.4 Å². The minimum atomic E-state index is 0.766. The molecule has 5 heterocycles. The van der Waals surface area contributed by atoms with Crippen molar-refractivity contribution in [2.24, 2.45) is 0 Å². The Kier molecular flexibility index (Phi) is 4.71. The molecule has 0 unspecified atom stereocenters. The van der Waals surface area contributed by atoms with E-state index >= 15 is 0 Å². The molecule has 2 aliphatic rings. The van der Waals surface area contributed by atoms with E-state index in [9.17, 15) is 0 Å². The van der Waals surface area contributed by atoms with Crippen molar-refractivity contribution in [1.82, 2.24) is 24.8 Å². The van der Waals surface area contributed by atoms with Crippen molar-refractivity contribution < 1.29 is 0 Å². The van der Waals surface area contributed by atoms with Gasteiger partial charge in [0.05, 0.1) is 5.69 Å². The van der Waals surface area contributed by atoms with E-state index in [0.29, 0.717) is 0 Å². The Bertz CT molecular complexity index is 935. The highest BCUT2D eigenvalue weighted by Gasteiger charge is 2.19. The van der Waals surface area contributed by atoms with E-state index in [4.69, 9.17) is 4.98 Å². The summed E-state index contributed by atoms with van der Waals surface area (Å²) in [6, 6.07) is 8.31. The summed E-state index contributed by atoms with van der Waals surface area (Å²) in [6.45, 7) is 5.07. The molecule has 6 heteroatoms. The predicted molar refractivity (Wildman–Crippen MR) is 109 cm³/mol. The van der Waals surface area contributed by atoms with Crippen molar-refractivity contribution in [2.75, 3.05) is 24.5 Å². The van der Waals surface area contributed by atoms with Gasteiger partial charge in [0.1, 0.15) is 5.82 Å². The Morgan fingerprint density at radius 2 is 1.86 bits per heavy atom. The largest absolute Gasteiger partial charge is 0.357 e. The summed E-state index contributed by atoms with van der Waals surface area (Å²) in [6.07, 6.45) is 11.1. The average molecular weight is 372 g/mol. The van der Waals surface area contributed by atoms with Gasteiger partial charge in [0.15, 0.2) is 5.82 Å². The number of anilines is 1. The minimum absolute atomic E-state index is 0.766. The normalized spacial score (nSPS) is 16.9. The van der Waals surface area contributed by atoms with Crippen LogP contribution in [0.25, 0.3) is 11.4 Å². The molecule has 1 fully saturated rings. The monoisotopic (exact) mass is 372 g/mol. The Morgan fingerprint density at radius 3 is 2.64 bits per heavy atom. The summed E-state index contributed by atoms with van der Waals surface area (Å²) < 4.78 is 0. The molecule has 0 spiro atoms. The zero-order chi connectivity index (χ0) is 18.8. The molecule has 6 nitrogen and oxygen atoms in total. The molecule has 2 aliphatic heterocycles. The van der Waals surface area contributed by atoms with Crippen LogP contribution >= 0.6 is 0 Å². The summed E-state index contributed by atoms with van der Waals surface area (Å²) in [4.78, 5) is 23.0. The lowest BCUT2D eigenvalue weighted by Crippen LogP contribution is -2.31. The van der Waals surface area contributed by atoms with E-state index in [1.54, 1.807) is 6.20 Å². The maximum Gasteiger partial charge on any atom is 0.160 e. The van der Waals surface area contributed by atoms with E-state index in [1.807, 2.05) is 30.7 Å². The summed E-state index contributed by atoms with van der Waals surface area (Å²) in [5.74, 6) is 1.88. The van der Waals surface area contributed by atoms with Crippen molar-refractivity contribution in [3.8, 4) is 11.4 Å². The van der Waals surface area contributed by atoms with Crippen LogP contribution in [0.5, 0.6) is 0 Å². The molecule has 0 aromatic carbocycles. The van der Waals surface area contributed by atoms with Crippen LogP contribution in [0.1, 0.15) is 29.7 Å². The van der Waals surface area contributed by atoms with Crippen LogP contribution < -0.4 is 4.90 Å². The fourth-order valence-electron chi connectivity index (χ4n) is 4.05. The highest BCUT2D eigenvalue weighted by atomic mass is 15.2. The molecule has 5 rings (SSSR count). The molecule has 0 saturated carbocycles. The van der Waals surface area contributed by atoms with Gasteiger partial charge in [0.25, 0.3) is 0 Å². The Hall–Kier alpha value is -2.86. The molecule has 0 radical (unpaired) electrons. The first-order valence-corrected chi connectivity index (χ1v) is 10.0. The summed E-state index contributed by atoms with van der Waals surface area (Å²) in [5.41, 5.74) is 4.62. The molecule has 1 saturated heterocycles.